The third-order valence-electron chi connectivity index (χ3n) is 4.37. The average molecular weight is 346 g/mol. The Balaban J connectivity index is 2.21. The minimum absolute atomic E-state index is 0.0479. The first kappa shape index (κ1) is 18.4. The molecule has 134 valence electrons. The summed E-state index contributed by atoms with van der Waals surface area (Å²) in [7, 11) is 3.28. The number of para-hydroxylation sites is 1. The molecule has 1 unspecified atom stereocenters. The minimum atomic E-state index is -0.472. The zero-order valence-corrected chi connectivity index (χ0v) is 15.0. The monoisotopic (exact) mass is 346 g/mol. The average Bonchev–Trinajstić information content (AvgIpc) is 2.86. The molecule has 0 aliphatic rings. The molecule has 0 saturated carbocycles. The van der Waals surface area contributed by atoms with Crippen molar-refractivity contribution in [3.05, 3.63) is 51.3 Å². The Morgan fingerprint density at radius 3 is 2.60 bits per heavy atom. The van der Waals surface area contributed by atoms with Crippen LogP contribution in [0.25, 0.3) is 0 Å². The third-order valence-corrected chi connectivity index (χ3v) is 4.37. The number of aryl methyl sites for hydroxylation is 1. The Morgan fingerprint density at radius 1 is 1.40 bits per heavy atom. The van der Waals surface area contributed by atoms with Gasteiger partial charge in [0.25, 0.3) is 0 Å². The molecule has 1 heterocycles. The van der Waals surface area contributed by atoms with E-state index in [4.69, 9.17) is 4.74 Å². The van der Waals surface area contributed by atoms with E-state index in [2.05, 4.69) is 5.10 Å². The molecule has 0 N–H and O–H groups in total. The van der Waals surface area contributed by atoms with E-state index in [-0.39, 0.29) is 24.2 Å². The maximum absolute atomic E-state index is 12.6. The van der Waals surface area contributed by atoms with Gasteiger partial charge in [0.1, 0.15) is 23.7 Å². The predicted octanol–water partition coefficient (Wildman–Crippen LogP) is 2.64. The Morgan fingerprint density at radius 2 is 2.04 bits per heavy atom. The van der Waals surface area contributed by atoms with Gasteiger partial charge in [0.2, 0.25) is 5.91 Å². The lowest BCUT2D eigenvalue weighted by molar-refractivity contribution is -0.386. The molecule has 0 saturated heterocycles. The van der Waals surface area contributed by atoms with Gasteiger partial charge in [-0.2, -0.15) is 5.10 Å². The zero-order valence-electron chi connectivity index (χ0n) is 15.0. The largest absolute Gasteiger partial charge is 0.496 e. The number of ether oxygens (including phenoxy) is 1. The fraction of sp³-hybridized carbons (Fsp3) is 0.412. The third kappa shape index (κ3) is 3.62. The summed E-state index contributed by atoms with van der Waals surface area (Å²) in [6.07, 6.45) is 0. The first-order chi connectivity index (χ1) is 11.8. The van der Waals surface area contributed by atoms with E-state index in [1.54, 1.807) is 32.9 Å². The summed E-state index contributed by atoms with van der Waals surface area (Å²) >= 11 is 0. The molecular weight excluding hydrogens is 324 g/mol. The van der Waals surface area contributed by atoms with Crippen LogP contribution in [0.15, 0.2) is 24.3 Å². The highest BCUT2D eigenvalue weighted by Gasteiger charge is 2.25. The molecule has 0 aliphatic heterocycles. The highest BCUT2D eigenvalue weighted by atomic mass is 16.6. The Hall–Kier alpha value is -2.90. The van der Waals surface area contributed by atoms with Crippen molar-refractivity contribution in [3.63, 3.8) is 0 Å². The SMILES string of the molecule is COc1ccccc1C(C)N(C)C(=O)Cn1nc(C)c([N+](=O)[O-])c1C. The Bertz CT molecular complexity index is 800. The van der Waals surface area contributed by atoms with Crippen molar-refractivity contribution in [2.45, 2.75) is 33.4 Å². The van der Waals surface area contributed by atoms with Crippen molar-refractivity contribution in [3.8, 4) is 5.75 Å². The van der Waals surface area contributed by atoms with Crippen molar-refractivity contribution < 1.29 is 14.5 Å². The number of nitrogens with zero attached hydrogens (tertiary/aromatic N) is 4. The number of methoxy groups -OCH3 is 1. The zero-order chi connectivity index (χ0) is 18.7. The topological polar surface area (TPSA) is 90.5 Å². The summed E-state index contributed by atoms with van der Waals surface area (Å²) in [5.74, 6) is 0.510. The van der Waals surface area contributed by atoms with Crippen LogP contribution in [0.2, 0.25) is 0 Å². The van der Waals surface area contributed by atoms with Gasteiger partial charge >= 0.3 is 5.69 Å². The molecule has 2 rings (SSSR count). The van der Waals surface area contributed by atoms with Crippen LogP contribution in [0.1, 0.15) is 29.9 Å². The van der Waals surface area contributed by atoms with E-state index in [1.165, 1.54) is 4.68 Å². The standard InChI is InChI=1S/C17H22N4O4/c1-11-17(21(23)24)13(3)20(18-11)10-16(22)19(4)12(2)14-8-6-7-9-15(14)25-5/h6-9,12H,10H2,1-5H3. The number of nitro groups is 1. The van der Waals surface area contributed by atoms with E-state index in [9.17, 15) is 14.9 Å². The number of benzene rings is 1. The van der Waals surface area contributed by atoms with Crippen molar-refractivity contribution in [2.24, 2.45) is 0 Å². The van der Waals surface area contributed by atoms with Gasteiger partial charge in [-0.05, 0) is 26.8 Å². The number of likely N-dealkylation sites (N-methyl/N-ethyl adjacent to an activating group) is 1. The molecule has 1 atom stereocenters. The number of carbonyl (C=O) groups excluding carboxylic acids is 1. The van der Waals surface area contributed by atoms with Crippen molar-refractivity contribution in [1.82, 2.24) is 14.7 Å². The maximum atomic E-state index is 12.6. The summed E-state index contributed by atoms with van der Waals surface area (Å²) in [6.45, 7) is 5.00. The van der Waals surface area contributed by atoms with Gasteiger partial charge in [0, 0.05) is 12.6 Å². The lowest BCUT2D eigenvalue weighted by atomic mass is 10.1. The number of hydrogen-bond acceptors (Lipinski definition) is 5. The van der Waals surface area contributed by atoms with Crippen LogP contribution in [0.4, 0.5) is 5.69 Å². The highest BCUT2D eigenvalue weighted by molar-refractivity contribution is 5.76. The van der Waals surface area contributed by atoms with Crippen LogP contribution in [-0.4, -0.2) is 39.7 Å². The van der Waals surface area contributed by atoms with Gasteiger partial charge in [0.05, 0.1) is 18.1 Å². The molecule has 0 fully saturated rings. The number of hydrogen-bond donors (Lipinski definition) is 0. The molecule has 25 heavy (non-hydrogen) atoms. The second-order valence-electron chi connectivity index (χ2n) is 5.86. The molecule has 1 amide bonds. The molecule has 8 heteroatoms. The van der Waals surface area contributed by atoms with E-state index >= 15 is 0 Å². The van der Waals surface area contributed by atoms with Crippen LogP contribution < -0.4 is 4.74 Å². The first-order valence-electron chi connectivity index (χ1n) is 7.84. The number of aromatic nitrogens is 2. The van der Waals surface area contributed by atoms with Gasteiger partial charge in [-0.15, -0.1) is 0 Å². The van der Waals surface area contributed by atoms with Crippen molar-refractivity contribution in [2.75, 3.05) is 14.2 Å². The molecular formula is C17H22N4O4. The Kier molecular flexibility index (Phi) is 5.41. The normalized spacial score (nSPS) is 11.9. The lowest BCUT2D eigenvalue weighted by Gasteiger charge is -2.26. The van der Waals surface area contributed by atoms with Crippen LogP contribution in [0.5, 0.6) is 5.75 Å². The summed E-state index contributed by atoms with van der Waals surface area (Å²) < 4.78 is 6.72. The number of carbonyl (C=O) groups is 1. The van der Waals surface area contributed by atoms with Crippen molar-refractivity contribution >= 4 is 11.6 Å². The van der Waals surface area contributed by atoms with Crippen LogP contribution in [0.3, 0.4) is 0 Å². The quantitative estimate of drug-likeness (QED) is 0.592. The van der Waals surface area contributed by atoms with Crippen LogP contribution in [0, 0.1) is 24.0 Å². The van der Waals surface area contributed by atoms with Gasteiger partial charge in [-0.3, -0.25) is 19.6 Å². The molecule has 1 aromatic heterocycles. The maximum Gasteiger partial charge on any atom is 0.312 e. The molecule has 0 aliphatic carbocycles. The summed E-state index contributed by atoms with van der Waals surface area (Å²) in [4.78, 5) is 24.8. The highest BCUT2D eigenvalue weighted by Crippen LogP contribution is 2.28. The second-order valence-corrected chi connectivity index (χ2v) is 5.86. The van der Waals surface area contributed by atoms with E-state index in [0.29, 0.717) is 17.1 Å². The molecule has 0 bridgehead atoms. The molecule has 1 aromatic carbocycles. The van der Waals surface area contributed by atoms with E-state index in [0.717, 1.165) is 5.56 Å². The van der Waals surface area contributed by atoms with Crippen LogP contribution >= 0.6 is 0 Å². The van der Waals surface area contributed by atoms with E-state index < -0.39 is 4.92 Å². The number of amides is 1. The van der Waals surface area contributed by atoms with Crippen molar-refractivity contribution in [1.29, 1.82) is 0 Å². The van der Waals surface area contributed by atoms with E-state index in [1.807, 2.05) is 31.2 Å². The molecule has 8 nitrogen and oxygen atoms in total. The minimum Gasteiger partial charge on any atom is -0.496 e. The summed E-state index contributed by atoms with van der Waals surface area (Å²) in [5, 5.41) is 15.2. The van der Waals surface area contributed by atoms with Crippen LogP contribution in [-0.2, 0) is 11.3 Å². The number of rotatable bonds is 6. The fourth-order valence-electron chi connectivity index (χ4n) is 2.78. The van der Waals surface area contributed by atoms with Gasteiger partial charge in [-0.1, -0.05) is 18.2 Å². The molecule has 0 spiro atoms. The fourth-order valence-corrected chi connectivity index (χ4v) is 2.78. The van der Waals surface area contributed by atoms with Gasteiger partial charge in [0.15, 0.2) is 0 Å². The summed E-state index contributed by atoms with van der Waals surface area (Å²) in [6, 6.07) is 7.29. The summed E-state index contributed by atoms with van der Waals surface area (Å²) in [5.41, 5.74) is 1.51. The first-order valence-corrected chi connectivity index (χ1v) is 7.84. The smallest absolute Gasteiger partial charge is 0.312 e. The van der Waals surface area contributed by atoms with Gasteiger partial charge < -0.3 is 9.64 Å². The van der Waals surface area contributed by atoms with Gasteiger partial charge in [-0.25, -0.2) is 0 Å². The Labute approximate surface area is 146 Å². The molecule has 0 radical (unpaired) electrons. The predicted molar refractivity (Wildman–Crippen MR) is 92.5 cm³/mol. The lowest BCUT2D eigenvalue weighted by Crippen LogP contribution is -2.33. The second kappa shape index (κ2) is 7.33. The molecule has 2 aromatic rings.